The Morgan fingerprint density at radius 1 is 1.41 bits per heavy atom. The third kappa shape index (κ3) is 3.48. The highest BCUT2D eigenvalue weighted by Gasteiger charge is 2.35. The largest absolute Gasteiger partial charge is 0.481 e. The lowest BCUT2D eigenvalue weighted by molar-refractivity contribution is -0.146. The number of rotatable bonds is 5. The quantitative estimate of drug-likeness (QED) is 0.863. The third-order valence-corrected chi connectivity index (χ3v) is 5.82. The van der Waals surface area contributed by atoms with E-state index in [4.69, 9.17) is 16.7 Å². The van der Waals surface area contributed by atoms with E-state index >= 15 is 0 Å². The van der Waals surface area contributed by atoms with Crippen molar-refractivity contribution < 1.29 is 14.7 Å². The molecule has 2 aromatic rings. The van der Waals surface area contributed by atoms with Crippen molar-refractivity contribution in [1.82, 2.24) is 10.3 Å². The summed E-state index contributed by atoms with van der Waals surface area (Å²) in [4.78, 5) is 28.1. The third-order valence-electron chi connectivity index (χ3n) is 3.53. The van der Waals surface area contributed by atoms with Crippen LogP contribution >= 0.6 is 34.3 Å². The smallest absolute Gasteiger partial charge is 0.306 e. The maximum absolute atomic E-state index is 11.9. The number of hydrogen-bond acceptors (Lipinski definition) is 5. The Kier molecular flexibility index (Phi) is 4.46. The average Bonchev–Trinajstić information content (AvgIpc) is 3.01. The molecule has 1 amide bonds. The maximum atomic E-state index is 11.9. The molecule has 0 bridgehead atoms. The summed E-state index contributed by atoms with van der Waals surface area (Å²) in [6.45, 7) is 0. The van der Waals surface area contributed by atoms with E-state index in [0.717, 1.165) is 15.6 Å². The molecule has 1 fully saturated rings. The van der Waals surface area contributed by atoms with E-state index in [0.29, 0.717) is 17.2 Å². The minimum Gasteiger partial charge on any atom is -0.481 e. The Hall–Kier alpha value is -1.44. The van der Waals surface area contributed by atoms with Gasteiger partial charge in [-0.1, -0.05) is 11.6 Å². The first-order valence-corrected chi connectivity index (χ1v) is 8.81. The fourth-order valence-electron chi connectivity index (χ4n) is 2.31. The van der Waals surface area contributed by atoms with Gasteiger partial charge in [-0.25, -0.2) is 4.98 Å². The number of thiophene rings is 1. The number of carbonyl (C=O) groups is 2. The van der Waals surface area contributed by atoms with Crippen LogP contribution < -0.4 is 5.32 Å². The van der Waals surface area contributed by atoms with Crippen molar-refractivity contribution in [3.63, 3.8) is 0 Å². The van der Waals surface area contributed by atoms with Crippen molar-refractivity contribution in [3.05, 3.63) is 27.5 Å². The van der Waals surface area contributed by atoms with Crippen molar-refractivity contribution in [2.75, 3.05) is 0 Å². The van der Waals surface area contributed by atoms with Crippen LogP contribution in [0.2, 0.25) is 4.34 Å². The monoisotopic (exact) mass is 356 g/mol. The van der Waals surface area contributed by atoms with Gasteiger partial charge in [0.05, 0.1) is 27.2 Å². The molecule has 1 aliphatic rings. The summed E-state index contributed by atoms with van der Waals surface area (Å²) >= 11 is 8.84. The normalized spacial score (nSPS) is 20.4. The summed E-state index contributed by atoms with van der Waals surface area (Å²) in [6.07, 6.45) is 1.23. The topological polar surface area (TPSA) is 79.3 Å². The SMILES string of the molecule is O=C(Cc1csc(-c2ccc(Cl)s2)n1)NC1CC(C(=O)O)C1. The number of thiazole rings is 1. The van der Waals surface area contributed by atoms with Gasteiger partial charge in [-0.05, 0) is 25.0 Å². The average molecular weight is 357 g/mol. The van der Waals surface area contributed by atoms with Crippen LogP contribution in [-0.2, 0) is 16.0 Å². The van der Waals surface area contributed by atoms with Gasteiger partial charge in [0.15, 0.2) is 0 Å². The number of nitrogens with zero attached hydrogens (tertiary/aromatic N) is 1. The molecule has 0 atom stereocenters. The minimum absolute atomic E-state index is 0.0252. The highest BCUT2D eigenvalue weighted by atomic mass is 35.5. The van der Waals surface area contributed by atoms with Crippen molar-refractivity contribution >= 4 is 46.2 Å². The van der Waals surface area contributed by atoms with Gasteiger partial charge in [0.2, 0.25) is 5.91 Å². The molecule has 0 aliphatic heterocycles. The van der Waals surface area contributed by atoms with Crippen LogP contribution in [-0.4, -0.2) is 28.0 Å². The predicted octanol–water partition coefficient (Wildman–Crippen LogP) is 3.05. The molecule has 8 heteroatoms. The number of carbonyl (C=O) groups excluding carboxylic acids is 1. The van der Waals surface area contributed by atoms with Crippen LogP contribution in [0.5, 0.6) is 0 Å². The first kappa shape index (κ1) is 15.5. The molecule has 0 spiro atoms. The van der Waals surface area contributed by atoms with Gasteiger partial charge in [-0.3, -0.25) is 9.59 Å². The number of carboxylic acids is 1. The van der Waals surface area contributed by atoms with E-state index in [9.17, 15) is 9.59 Å². The van der Waals surface area contributed by atoms with Gasteiger partial charge < -0.3 is 10.4 Å². The standard InChI is InChI=1S/C14H13ClN2O3S2/c15-11-2-1-10(22-11)13-17-9(6-21-13)5-12(18)16-8-3-7(4-8)14(19)20/h1-2,6-8H,3-5H2,(H,16,18)(H,19,20). The summed E-state index contributed by atoms with van der Waals surface area (Å²) in [7, 11) is 0. The Morgan fingerprint density at radius 3 is 2.82 bits per heavy atom. The van der Waals surface area contributed by atoms with Gasteiger partial charge in [0.1, 0.15) is 5.01 Å². The predicted molar refractivity (Wildman–Crippen MR) is 86.4 cm³/mol. The zero-order valence-corrected chi connectivity index (χ0v) is 13.8. The molecule has 0 saturated heterocycles. The fraction of sp³-hybridized carbons (Fsp3) is 0.357. The molecule has 5 nitrogen and oxygen atoms in total. The Bertz CT molecular complexity index is 707. The number of amides is 1. The second-order valence-corrected chi connectivity index (χ2v) is 7.77. The molecule has 116 valence electrons. The van der Waals surface area contributed by atoms with Crippen LogP contribution in [0.4, 0.5) is 0 Å². The summed E-state index contributed by atoms with van der Waals surface area (Å²) in [5, 5.41) is 14.4. The van der Waals surface area contributed by atoms with E-state index in [2.05, 4.69) is 10.3 Å². The maximum Gasteiger partial charge on any atom is 0.306 e. The molecule has 3 rings (SSSR count). The lowest BCUT2D eigenvalue weighted by Crippen LogP contribution is -2.47. The molecular weight excluding hydrogens is 344 g/mol. The van der Waals surface area contributed by atoms with E-state index in [1.165, 1.54) is 22.7 Å². The fourth-order valence-corrected chi connectivity index (χ4v) is 4.25. The number of aromatic nitrogens is 1. The van der Waals surface area contributed by atoms with E-state index in [1.807, 2.05) is 17.5 Å². The summed E-state index contributed by atoms with van der Waals surface area (Å²) in [6, 6.07) is 3.71. The van der Waals surface area contributed by atoms with Crippen LogP contribution in [0.15, 0.2) is 17.5 Å². The van der Waals surface area contributed by atoms with E-state index in [-0.39, 0.29) is 24.3 Å². The van der Waals surface area contributed by atoms with Gasteiger partial charge in [-0.2, -0.15) is 0 Å². The number of carboxylic acid groups (broad SMARTS) is 1. The summed E-state index contributed by atoms with van der Waals surface area (Å²) in [5.74, 6) is -1.22. The minimum atomic E-state index is -0.788. The molecule has 0 radical (unpaired) electrons. The van der Waals surface area contributed by atoms with Crippen LogP contribution in [0.1, 0.15) is 18.5 Å². The lowest BCUT2D eigenvalue weighted by Gasteiger charge is -2.32. The van der Waals surface area contributed by atoms with Crippen LogP contribution in [0.3, 0.4) is 0 Å². The van der Waals surface area contributed by atoms with Crippen molar-refractivity contribution in [2.24, 2.45) is 5.92 Å². The number of hydrogen-bond donors (Lipinski definition) is 2. The Morgan fingerprint density at radius 2 is 2.18 bits per heavy atom. The van der Waals surface area contributed by atoms with Crippen LogP contribution in [0, 0.1) is 5.92 Å². The first-order chi connectivity index (χ1) is 10.5. The molecule has 1 aliphatic carbocycles. The Balaban J connectivity index is 1.52. The second kappa shape index (κ2) is 6.36. The van der Waals surface area contributed by atoms with E-state index in [1.54, 1.807) is 0 Å². The highest BCUT2D eigenvalue weighted by molar-refractivity contribution is 7.23. The Labute approximate surface area is 140 Å². The van der Waals surface area contributed by atoms with Gasteiger partial charge in [0.25, 0.3) is 0 Å². The van der Waals surface area contributed by atoms with E-state index < -0.39 is 5.97 Å². The first-order valence-electron chi connectivity index (χ1n) is 6.73. The van der Waals surface area contributed by atoms with Crippen LogP contribution in [0.25, 0.3) is 9.88 Å². The lowest BCUT2D eigenvalue weighted by atomic mass is 9.80. The molecule has 22 heavy (non-hydrogen) atoms. The number of aliphatic carboxylic acids is 1. The molecular formula is C14H13ClN2O3S2. The van der Waals surface area contributed by atoms with Gasteiger partial charge in [-0.15, -0.1) is 22.7 Å². The second-order valence-electron chi connectivity index (χ2n) is 5.20. The van der Waals surface area contributed by atoms with Crippen molar-refractivity contribution in [1.29, 1.82) is 0 Å². The van der Waals surface area contributed by atoms with Crippen molar-refractivity contribution in [2.45, 2.75) is 25.3 Å². The summed E-state index contributed by atoms with van der Waals surface area (Å²) < 4.78 is 0.711. The molecule has 2 N–H and O–H groups in total. The summed E-state index contributed by atoms with van der Waals surface area (Å²) in [5.41, 5.74) is 0.719. The highest BCUT2D eigenvalue weighted by Crippen LogP contribution is 2.33. The molecule has 0 unspecified atom stereocenters. The number of nitrogens with one attached hydrogen (secondary N) is 1. The molecule has 1 saturated carbocycles. The zero-order chi connectivity index (χ0) is 15.7. The zero-order valence-electron chi connectivity index (χ0n) is 11.4. The van der Waals surface area contributed by atoms with Gasteiger partial charge >= 0.3 is 5.97 Å². The van der Waals surface area contributed by atoms with Crippen molar-refractivity contribution in [3.8, 4) is 9.88 Å². The molecule has 2 aromatic heterocycles. The number of halogens is 1. The van der Waals surface area contributed by atoms with Gasteiger partial charge in [0, 0.05) is 11.4 Å². The molecule has 0 aromatic carbocycles. The molecule has 2 heterocycles.